The summed E-state index contributed by atoms with van der Waals surface area (Å²) < 4.78 is 5.61. The number of rotatable bonds is 5. The molecule has 2 rings (SSSR count). The average Bonchev–Trinajstić information content (AvgIpc) is 2.78. The maximum Gasteiger partial charge on any atom is 0.258 e. The molecule has 0 spiro atoms. The number of carbonyl (C=O) groups is 2. The van der Waals surface area contributed by atoms with Crippen LogP contribution < -0.4 is 10.1 Å². The number of amides is 2. The van der Waals surface area contributed by atoms with E-state index >= 15 is 0 Å². The standard InChI is InChI=1S/C19H28N2O3/c1-13-7-6-8-16(14(13)2)24-11-17(22)20-15-9-18(23)21(10-15)12-19(3,4)5/h6-8,15H,9-12H2,1-5H3,(H,20,22). The van der Waals surface area contributed by atoms with Crippen molar-refractivity contribution in [1.82, 2.24) is 10.2 Å². The summed E-state index contributed by atoms with van der Waals surface area (Å²) in [5, 5.41) is 2.90. The monoisotopic (exact) mass is 332 g/mol. The summed E-state index contributed by atoms with van der Waals surface area (Å²) in [6.07, 6.45) is 0.366. The van der Waals surface area contributed by atoms with Crippen LogP contribution in [0.5, 0.6) is 5.75 Å². The topological polar surface area (TPSA) is 58.6 Å². The molecule has 1 atom stereocenters. The molecule has 2 amide bonds. The Bertz CT molecular complexity index is 620. The zero-order valence-corrected chi connectivity index (χ0v) is 15.3. The second-order valence-electron chi connectivity index (χ2n) is 7.79. The van der Waals surface area contributed by atoms with Gasteiger partial charge in [-0.3, -0.25) is 9.59 Å². The van der Waals surface area contributed by atoms with E-state index in [1.54, 1.807) is 0 Å². The fourth-order valence-corrected chi connectivity index (χ4v) is 2.89. The normalized spacial score (nSPS) is 18.0. The molecule has 5 nitrogen and oxygen atoms in total. The highest BCUT2D eigenvalue weighted by molar-refractivity contribution is 5.82. The molecule has 1 aliphatic rings. The average molecular weight is 332 g/mol. The van der Waals surface area contributed by atoms with Crippen LogP contribution in [0.25, 0.3) is 0 Å². The van der Waals surface area contributed by atoms with Gasteiger partial charge >= 0.3 is 0 Å². The molecule has 1 heterocycles. The van der Waals surface area contributed by atoms with Crippen molar-refractivity contribution < 1.29 is 14.3 Å². The van der Waals surface area contributed by atoms with Crippen LogP contribution in [0, 0.1) is 19.3 Å². The van der Waals surface area contributed by atoms with Crippen LogP contribution in [0.2, 0.25) is 0 Å². The van der Waals surface area contributed by atoms with Gasteiger partial charge in [0.1, 0.15) is 5.75 Å². The van der Waals surface area contributed by atoms with E-state index in [1.807, 2.05) is 36.9 Å². The number of benzene rings is 1. The molecule has 1 unspecified atom stereocenters. The quantitative estimate of drug-likeness (QED) is 0.901. The van der Waals surface area contributed by atoms with E-state index in [9.17, 15) is 9.59 Å². The minimum atomic E-state index is -0.189. The first kappa shape index (κ1) is 18.3. The molecule has 1 saturated heterocycles. The number of nitrogens with one attached hydrogen (secondary N) is 1. The number of likely N-dealkylation sites (tertiary alicyclic amines) is 1. The Morgan fingerprint density at radius 2 is 2.04 bits per heavy atom. The second-order valence-corrected chi connectivity index (χ2v) is 7.79. The van der Waals surface area contributed by atoms with Gasteiger partial charge < -0.3 is 15.0 Å². The van der Waals surface area contributed by atoms with Crippen LogP contribution in [0.3, 0.4) is 0 Å². The Balaban J connectivity index is 1.83. The first-order valence-electron chi connectivity index (χ1n) is 8.42. The van der Waals surface area contributed by atoms with E-state index in [0.717, 1.165) is 16.9 Å². The van der Waals surface area contributed by atoms with Crippen molar-refractivity contribution in [3.63, 3.8) is 0 Å². The number of ether oxygens (including phenoxy) is 1. The van der Waals surface area contributed by atoms with Crippen molar-refractivity contribution in [2.24, 2.45) is 5.41 Å². The summed E-state index contributed by atoms with van der Waals surface area (Å²) in [6.45, 7) is 11.5. The Kier molecular flexibility index (Phi) is 5.52. The predicted molar refractivity (Wildman–Crippen MR) is 94.0 cm³/mol. The zero-order valence-electron chi connectivity index (χ0n) is 15.3. The minimum absolute atomic E-state index is 0.0335. The SMILES string of the molecule is Cc1cccc(OCC(=O)NC2CC(=O)N(CC(C)(C)C)C2)c1C. The van der Waals surface area contributed by atoms with Crippen molar-refractivity contribution in [3.8, 4) is 5.75 Å². The molecular weight excluding hydrogens is 304 g/mol. The lowest BCUT2D eigenvalue weighted by Crippen LogP contribution is -2.41. The molecule has 0 radical (unpaired) electrons. The van der Waals surface area contributed by atoms with Crippen LogP contribution in [-0.4, -0.2) is 42.5 Å². The van der Waals surface area contributed by atoms with E-state index in [2.05, 4.69) is 26.1 Å². The highest BCUT2D eigenvalue weighted by atomic mass is 16.5. The highest BCUT2D eigenvalue weighted by Crippen LogP contribution is 2.21. The minimum Gasteiger partial charge on any atom is -0.483 e. The molecule has 0 saturated carbocycles. The molecule has 5 heteroatoms. The Hall–Kier alpha value is -2.04. The van der Waals surface area contributed by atoms with E-state index in [4.69, 9.17) is 4.74 Å². The van der Waals surface area contributed by atoms with E-state index in [1.165, 1.54) is 0 Å². The fourth-order valence-electron chi connectivity index (χ4n) is 2.89. The number of hydrogen-bond acceptors (Lipinski definition) is 3. The molecule has 1 aromatic carbocycles. The third-order valence-corrected chi connectivity index (χ3v) is 4.16. The van der Waals surface area contributed by atoms with Crippen molar-refractivity contribution in [1.29, 1.82) is 0 Å². The smallest absolute Gasteiger partial charge is 0.258 e. The first-order chi connectivity index (χ1) is 11.2. The molecule has 0 aromatic heterocycles. The van der Waals surface area contributed by atoms with Gasteiger partial charge in [0.2, 0.25) is 5.91 Å². The Labute approximate surface area is 144 Å². The molecule has 1 N–H and O–H groups in total. The molecule has 0 bridgehead atoms. The van der Waals surface area contributed by atoms with Crippen molar-refractivity contribution >= 4 is 11.8 Å². The molecule has 1 aliphatic heterocycles. The lowest BCUT2D eigenvalue weighted by Gasteiger charge is -2.26. The van der Waals surface area contributed by atoms with E-state index in [0.29, 0.717) is 19.5 Å². The summed E-state index contributed by atoms with van der Waals surface area (Å²) in [6, 6.07) is 5.65. The van der Waals surface area contributed by atoms with Crippen molar-refractivity contribution in [2.45, 2.75) is 47.1 Å². The summed E-state index contributed by atoms with van der Waals surface area (Å²) in [7, 11) is 0. The van der Waals surface area contributed by atoms with Crippen LogP contribution in [0.1, 0.15) is 38.3 Å². The molecular formula is C19H28N2O3. The maximum atomic E-state index is 12.1. The maximum absolute atomic E-state index is 12.1. The zero-order chi connectivity index (χ0) is 17.9. The van der Waals surface area contributed by atoms with Gasteiger partial charge in [-0.15, -0.1) is 0 Å². The Morgan fingerprint density at radius 1 is 1.33 bits per heavy atom. The lowest BCUT2D eigenvalue weighted by atomic mass is 9.96. The van der Waals surface area contributed by atoms with Gasteiger partial charge in [-0.05, 0) is 36.5 Å². The summed E-state index contributed by atoms with van der Waals surface area (Å²) in [5.41, 5.74) is 2.23. The predicted octanol–water partition coefficient (Wildman–Crippen LogP) is 2.45. The van der Waals surface area contributed by atoms with Gasteiger partial charge in [0.15, 0.2) is 6.61 Å². The van der Waals surface area contributed by atoms with Gasteiger partial charge in [-0.2, -0.15) is 0 Å². The Morgan fingerprint density at radius 3 is 2.71 bits per heavy atom. The number of carbonyl (C=O) groups excluding carboxylic acids is 2. The third-order valence-electron chi connectivity index (χ3n) is 4.16. The third kappa shape index (κ3) is 4.98. The lowest BCUT2D eigenvalue weighted by molar-refractivity contribution is -0.128. The second kappa shape index (κ2) is 7.24. The van der Waals surface area contributed by atoms with Gasteiger partial charge in [0.05, 0.1) is 6.04 Å². The molecule has 1 aromatic rings. The van der Waals surface area contributed by atoms with Crippen molar-refractivity contribution in [3.05, 3.63) is 29.3 Å². The molecule has 132 valence electrons. The van der Waals surface area contributed by atoms with Crippen molar-refractivity contribution in [2.75, 3.05) is 19.7 Å². The largest absolute Gasteiger partial charge is 0.483 e. The van der Waals surface area contributed by atoms with Gasteiger partial charge in [-0.25, -0.2) is 0 Å². The van der Waals surface area contributed by atoms with Gasteiger partial charge in [0.25, 0.3) is 5.91 Å². The van der Waals surface area contributed by atoms with E-state index in [-0.39, 0.29) is 29.9 Å². The van der Waals surface area contributed by atoms with Crippen LogP contribution in [0.4, 0.5) is 0 Å². The summed E-state index contributed by atoms with van der Waals surface area (Å²) in [5.74, 6) is 0.638. The molecule has 24 heavy (non-hydrogen) atoms. The summed E-state index contributed by atoms with van der Waals surface area (Å²) in [4.78, 5) is 26.0. The van der Waals surface area contributed by atoms with Crippen LogP contribution in [0.15, 0.2) is 18.2 Å². The van der Waals surface area contributed by atoms with Gasteiger partial charge in [0, 0.05) is 19.5 Å². The molecule has 1 fully saturated rings. The summed E-state index contributed by atoms with van der Waals surface area (Å²) >= 11 is 0. The number of aryl methyl sites for hydroxylation is 1. The highest BCUT2D eigenvalue weighted by Gasteiger charge is 2.32. The van der Waals surface area contributed by atoms with E-state index < -0.39 is 0 Å². The number of hydrogen-bond donors (Lipinski definition) is 1. The fraction of sp³-hybridized carbons (Fsp3) is 0.579. The first-order valence-corrected chi connectivity index (χ1v) is 8.42. The van der Waals surface area contributed by atoms with Crippen LogP contribution >= 0.6 is 0 Å². The number of nitrogens with zero attached hydrogens (tertiary/aromatic N) is 1. The molecule has 0 aliphatic carbocycles. The van der Waals surface area contributed by atoms with Gasteiger partial charge in [-0.1, -0.05) is 32.9 Å². The van der Waals surface area contributed by atoms with Crippen LogP contribution in [-0.2, 0) is 9.59 Å².